The summed E-state index contributed by atoms with van der Waals surface area (Å²) < 4.78 is 7.89. The lowest BCUT2D eigenvalue weighted by atomic mass is 10.0. The predicted molar refractivity (Wildman–Crippen MR) is 148 cm³/mol. The number of thiazole rings is 1. The number of anilines is 1. The molecule has 36 heavy (non-hydrogen) atoms. The number of rotatable bonds is 9. The first kappa shape index (κ1) is 26.5. The van der Waals surface area contributed by atoms with Crippen molar-refractivity contribution in [1.29, 1.82) is 0 Å². The molecular formula is C25H25Cl2N5O2S2. The van der Waals surface area contributed by atoms with Gasteiger partial charge in [-0.3, -0.25) is 4.79 Å². The molecule has 0 saturated heterocycles. The topological polar surface area (TPSA) is 81.9 Å². The van der Waals surface area contributed by atoms with Gasteiger partial charge in [0.1, 0.15) is 5.75 Å². The summed E-state index contributed by atoms with van der Waals surface area (Å²) >= 11 is 14.9. The number of nitrogens with zero attached hydrogens (tertiary/aromatic N) is 4. The number of hydrogen-bond donors (Lipinski definition) is 1. The van der Waals surface area contributed by atoms with E-state index >= 15 is 0 Å². The van der Waals surface area contributed by atoms with E-state index in [4.69, 9.17) is 27.9 Å². The third-order valence-electron chi connectivity index (χ3n) is 5.38. The highest BCUT2D eigenvalue weighted by molar-refractivity contribution is 7.99. The molecule has 4 aromatic rings. The molecule has 1 atom stereocenters. The van der Waals surface area contributed by atoms with Gasteiger partial charge in [-0.2, -0.15) is 0 Å². The number of thioether (sulfide) groups is 1. The van der Waals surface area contributed by atoms with E-state index in [1.54, 1.807) is 18.2 Å². The molecule has 0 spiro atoms. The van der Waals surface area contributed by atoms with Crippen LogP contribution in [0.3, 0.4) is 0 Å². The largest absolute Gasteiger partial charge is 0.483 e. The molecule has 0 aliphatic rings. The van der Waals surface area contributed by atoms with Crippen molar-refractivity contribution in [1.82, 2.24) is 19.7 Å². The molecule has 0 radical (unpaired) electrons. The molecule has 2 aromatic carbocycles. The zero-order valence-corrected chi connectivity index (χ0v) is 23.3. The van der Waals surface area contributed by atoms with E-state index in [2.05, 4.69) is 46.5 Å². The van der Waals surface area contributed by atoms with Gasteiger partial charge in [-0.1, -0.05) is 60.9 Å². The highest BCUT2D eigenvalue weighted by Gasteiger charge is 2.19. The van der Waals surface area contributed by atoms with Crippen LogP contribution in [0.4, 0.5) is 5.13 Å². The Labute approximate surface area is 228 Å². The molecule has 4 rings (SSSR count). The number of aromatic nitrogens is 4. The Morgan fingerprint density at radius 2 is 1.89 bits per heavy atom. The summed E-state index contributed by atoms with van der Waals surface area (Å²) in [7, 11) is 1.86. The van der Waals surface area contributed by atoms with Crippen molar-refractivity contribution in [3.63, 3.8) is 0 Å². The van der Waals surface area contributed by atoms with Crippen molar-refractivity contribution >= 4 is 57.3 Å². The van der Waals surface area contributed by atoms with Gasteiger partial charge >= 0.3 is 0 Å². The molecule has 0 bridgehead atoms. The molecule has 0 aliphatic carbocycles. The second kappa shape index (κ2) is 11.6. The maximum Gasteiger partial charge on any atom is 0.236 e. The average Bonchev–Trinajstić information content (AvgIpc) is 3.44. The fourth-order valence-corrected chi connectivity index (χ4v) is 5.38. The van der Waals surface area contributed by atoms with E-state index in [1.807, 2.05) is 36.1 Å². The lowest BCUT2D eigenvalue weighted by Crippen LogP contribution is -2.14. The number of benzene rings is 2. The van der Waals surface area contributed by atoms with Gasteiger partial charge in [0.15, 0.2) is 22.2 Å². The zero-order chi connectivity index (χ0) is 25.8. The SMILES string of the molecule is CC(C)c1ccc(OC(C)c2nnc(SCC(=O)Nc3nc(-c4ccc(Cl)cc4Cl)cs3)n2C)cc1. The number of carbonyl (C=O) groups is 1. The van der Waals surface area contributed by atoms with Gasteiger partial charge in [0, 0.05) is 23.0 Å². The summed E-state index contributed by atoms with van der Waals surface area (Å²) in [4.78, 5) is 17.0. The van der Waals surface area contributed by atoms with Gasteiger partial charge in [0.2, 0.25) is 5.91 Å². The minimum atomic E-state index is -0.302. The summed E-state index contributed by atoms with van der Waals surface area (Å²) in [6, 6.07) is 13.3. The summed E-state index contributed by atoms with van der Waals surface area (Å²) in [5, 5.41) is 15.3. The summed E-state index contributed by atoms with van der Waals surface area (Å²) in [5.41, 5.74) is 2.69. The van der Waals surface area contributed by atoms with E-state index in [0.717, 1.165) is 11.3 Å². The molecule has 7 nitrogen and oxygen atoms in total. The first-order valence-electron chi connectivity index (χ1n) is 11.2. The highest BCUT2D eigenvalue weighted by Crippen LogP contribution is 2.32. The van der Waals surface area contributed by atoms with E-state index in [9.17, 15) is 4.79 Å². The smallest absolute Gasteiger partial charge is 0.236 e. The minimum absolute atomic E-state index is 0.161. The zero-order valence-electron chi connectivity index (χ0n) is 20.2. The van der Waals surface area contributed by atoms with Crippen LogP contribution in [0.1, 0.15) is 44.2 Å². The Balaban J connectivity index is 1.32. The van der Waals surface area contributed by atoms with Crippen molar-refractivity contribution < 1.29 is 9.53 Å². The Kier molecular flexibility index (Phi) is 8.56. The number of hydrogen-bond acceptors (Lipinski definition) is 7. The molecule has 2 aromatic heterocycles. The monoisotopic (exact) mass is 561 g/mol. The number of amides is 1. The first-order chi connectivity index (χ1) is 17.2. The molecule has 0 aliphatic heterocycles. The Morgan fingerprint density at radius 1 is 1.14 bits per heavy atom. The van der Waals surface area contributed by atoms with Crippen molar-refractivity contribution in [2.75, 3.05) is 11.1 Å². The summed E-state index contributed by atoms with van der Waals surface area (Å²) in [5.74, 6) is 1.88. The average molecular weight is 563 g/mol. The van der Waals surface area contributed by atoms with Crippen molar-refractivity contribution in [2.45, 2.75) is 37.9 Å². The molecule has 11 heteroatoms. The molecule has 0 saturated carbocycles. The van der Waals surface area contributed by atoms with Crippen LogP contribution < -0.4 is 10.1 Å². The van der Waals surface area contributed by atoms with Crippen LogP contribution in [0.2, 0.25) is 10.0 Å². The fourth-order valence-electron chi connectivity index (χ4n) is 3.43. The molecule has 188 valence electrons. The molecule has 0 fully saturated rings. The number of ether oxygens (including phenoxy) is 1. The van der Waals surface area contributed by atoms with Crippen LogP contribution in [0.25, 0.3) is 11.3 Å². The summed E-state index contributed by atoms with van der Waals surface area (Å²) in [6.07, 6.45) is -0.302. The molecule has 1 amide bonds. The fraction of sp³-hybridized carbons (Fsp3) is 0.280. The van der Waals surface area contributed by atoms with Gasteiger partial charge in [0.25, 0.3) is 0 Å². The van der Waals surface area contributed by atoms with Crippen LogP contribution in [-0.4, -0.2) is 31.4 Å². The van der Waals surface area contributed by atoms with Crippen molar-refractivity contribution in [3.8, 4) is 17.0 Å². The van der Waals surface area contributed by atoms with E-state index < -0.39 is 0 Å². The number of carbonyl (C=O) groups excluding carboxylic acids is 1. The lowest BCUT2D eigenvalue weighted by molar-refractivity contribution is -0.113. The molecule has 2 heterocycles. The maximum absolute atomic E-state index is 12.5. The standard InChI is InChI=1S/C25H25Cl2N5O2S2/c1-14(2)16-5-8-18(9-6-16)34-15(3)23-30-31-25(32(23)4)36-13-22(33)29-24-28-21(12-35-24)19-10-7-17(26)11-20(19)27/h5-12,14-15H,13H2,1-4H3,(H,28,29,33). The quantitative estimate of drug-likeness (QED) is 0.217. The van der Waals surface area contributed by atoms with Crippen LogP contribution in [0.5, 0.6) is 5.75 Å². The van der Waals surface area contributed by atoms with Gasteiger partial charge in [-0.25, -0.2) is 4.98 Å². The molecule has 1 N–H and O–H groups in total. The van der Waals surface area contributed by atoms with Gasteiger partial charge in [-0.15, -0.1) is 21.5 Å². The third-order valence-corrected chi connectivity index (χ3v) is 7.71. The molecule has 1 unspecified atom stereocenters. The minimum Gasteiger partial charge on any atom is -0.483 e. The van der Waals surface area contributed by atoms with Crippen LogP contribution in [0.15, 0.2) is 53.0 Å². The van der Waals surface area contributed by atoms with E-state index in [0.29, 0.717) is 37.8 Å². The third kappa shape index (κ3) is 6.39. The predicted octanol–water partition coefficient (Wildman–Crippen LogP) is 7.24. The number of nitrogens with one attached hydrogen (secondary N) is 1. The first-order valence-corrected chi connectivity index (χ1v) is 13.8. The number of halogens is 2. The van der Waals surface area contributed by atoms with E-state index in [1.165, 1.54) is 28.7 Å². The highest BCUT2D eigenvalue weighted by atomic mass is 35.5. The Bertz CT molecular complexity index is 1350. The second-order valence-corrected chi connectivity index (χ2v) is 11.0. The van der Waals surface area contributed by atoms with Gasteiger partial charge in [-0.05, 0) is 48.7 Å². The van der Waals surface area contributed by atoms with Crippen LogP contribution >= 0.6 is 46.3 Å². The van der Waals surface area contributed by atoms with E-state index in [-0.39, 0.29) is 17.8 Å². The maximum atomic E-state index is 12.5. The van der Waals surface area contributed by atoms with Gasteiger partial charge < -0.3 is 14.6 Å². The summed E-state index contributed by atoms with van der Waals surface area (Å²) in [6.45, 7) is 6.24. The second-order valence-electron chi connectivity index (χ2n) is 8.38. The Morgan fingerprint density at radius 3 is 2.58 bits per heavy atom. The lowest BCUT2D eigenvalue weighted by Gasteiger charge is -2.15. The van der Waals surface area contributed by atoms with Crippen LogP contribution in [-0.2, 0) is 11.8 Å². The van der Waals surface area contributed by atoms with Crippen molar-refractivity contribution in [3.05, 3.63) is 69.3 Å². The Hall–Kier alpha value is -2.59. The van der Waals surface area contributed by atoms with Crippen LogP contribution in [0, 0.1) is 0 Å². The van der Waals surface area contributed by atoms with Gasteiger partial charge in [0.05, 0.1) is 16.5 Å². The normalized spacial score (nSPS) is 12.1. The molecular weight excluding hydrogens is 537 g/mol. The van der Waals surface area contributed by atoms with Crippen molar-refractivity contribution in [2.24, 2.45) is 7.05 Å².